The highest BCUT2D eigenvalue weighted by Crippen LogP contribution is 2.34. The van der Waals surface area contributed by atoms with Crippen molar-refractivity contribution in [3.63, 3.8) is 0 Å². The molecule has 8 heteroatoms. The Hall–Kier alpha value is -1.60. The molecule has 1 aromatic heterocycles. The van der Waals surface area contributed by atoms with Crippen LogP contribution < -0.4 is 10.6 Å². The van der Waals surface area contributed by atoms with E-state index < -0.39 is 17.3 Å². The molecule has 1 atom stereocenters. The Labute approximate surface area is 131 Å². The van der Waals surface area contributed by atoms with E-state index in [-0.39, 0.29) is 23.1 Å². The lowest BCUT2D eigenvalue weighted by atomic mass is 10.1. The Morgan fingerprint density at radius 1 is 1.38 bits per heavy atom. The molecule has 0 bridgehead atoms. The van der Waals surface area contributed by atoms with Crippen molar-refractivity contribution in [3.8, 4) is 0 Å². The molecule has 0 saturated heterocycles. The van der Waals surface area contributed by atoms with E-state index >= 15 is 0 Å². The van der Waals surface area contributed by atoms with Crippen LogP contribution in [0.3, 0.4) is 0 Å². The molecule has 0 aromatic carbocycles. The number of rotatable bonds is 5. The molecule has 116 valence electrons. The molecule has 0 radical (unpaired) electrons. The first-order valence-electron chi connectivity index (χ1n) is 6.30. The van der Waals surface area contributed by atoms with E-state index in [9.17, 15) is 14.4 Å². The summed E-state index contributed by atoms with van der Waals surface area (Å²) in [5.74, 6) is -1.37. The van der Waals surface area contributed by atoms with Gasteiger partial charge in [0.1, 0.15) is 10.4 Å². The van der Waals surface area contributed by atoms with Crippen molar-refractivity contribution in [1.82, 2.24) is 5.32 Å². The Bertz CT molecular complexity index is 569. The van der Waals surface area contributed by atoms with Crippen LogP contribution in [0.25, 0.3) is 0 Å². The first-order chi connectivity index (χ1) is 9.83. The van der Waals surface area contributed by atoms with Crippen LogP contribution in [-0.2, 0) is 9.53 Å². The Morgan fingerprint density at radius 3 is 2.48 bits per heavy atom. The molecule has 1 rings (SSSR count). The second kappa shape index (κ2) is 7.42. The van der Waals surface area contributed by atoms with Gasteiger partial charge in [-0.1, -0.05) is 0 Å². The zero-order valence-electron chi connectivity index (χ0n) is 12.2. The molecule has 0 spiro atoms. The monoisotopic (exact) mass is 332 g/mol. The van der Waals surface area contributed by atoms with Crippen molar-refractivity contribution < 1.29 is 19.1 Å². The van der Waals surface area contributed by atoms with Gasteiger partial charge >= 0.3 is 5.97 Å². The molecule has 0 aliphatic rings. The van der Waals surface area contributed by atoms with Crippen LogP contribution in [0.1, 0.15) is 39.4 Å². The van der Waals surface area contributed by atoms with Crippen LogP contribution >= 0.6 is 22.9 Å². The van der Waals surface area contributed by atoms with Gasteiger partial charge < -0.3 is 15.4 Å². The predicted octanol–water partition coefficient (Wildman–Crippen LogP) is 2.16. The smallest absolute Gasteiger partial charge is 0.341 e. The summed E-state index contributed by atoms with van der Waals surface area (Å²) in [6.07, 6.45) is 0. The Morgan fingerprint density at radius 2 is 2.00 bits per heavy atom. The maximum Gasteiger partial charge on any atom is 0.341 e. The molecule has 0 fully saturated rings. The zero-order chi connectivity index (χ0) is 16.2. The summed E-state index contributed by atoms with van der Waals surface area (Å²) >= 11 is 6.72. The molecule has 0 aliphatic carbocycles. The third-order valence-electron chi connectivity index (χ3n) is 2.66. The fourth-order valence-corrected chi connectivity index (χ4v) is 2.79. The fraction of sp³-hybridized carbons (Fsp3) is 0.462. The average Bonchev–Trinajstić information content (AvgIpc) is 2.74. The van der Waals surface area contributed by atoms with E-state index in [4.69, 9.17) is 16.3 Å². The number of ether oxygens (including phenoxy) is 1. The molecule has 0 aliphatic heterocycles. The van der Waals surface area contributed by atoms with E-state index in [1.165, 1.54) is 14.0 Å². The summed E-state index contributed by atoms with van der Waals surface area (Å²) in [6, 6.07) is 0. The SMILES string of the molecule is CCOC(=O)c1c(NC(=O)[C@H](C)Cl)sc(C(=O)NC)c1C. The van der Waals surface area contributed by atoms with Gasteiger partial charge in [0, 0.05) is 7.05 Å². The van der Waals surface area contributed by atoms with Gasteiger partial charge in [-0.3, -0.25) is 9.59 Å². The third kappa shape index (κ3) is 3.95. The van der Waals surface area contributed by atoms with Crippen molar-refractivity contribution in [1.29, 1.82) is 0 Å². The number of hydrogen-bond acceptors (Lipinski definition) is 5. The van der Waals surface area contributed by atoms with Gasteiger partial charge in [-0.15, -0.1) is 22.9 Å². The van der Waals surface area contributed by atoms with Gasteiger partial charge in [-0.25, -0.2) is 4.79 Å². The first kappa shape index (κ1) is 17.5. The summed E-state index contributed by atoms with van der Waals surface area (Å²) in [5.41, 5.74) is 0.654. The third-order valence-corrected chi connectivity index (χ3v) is 4.06. The van der Waals surface area contributed by atoms with Crippen LogP contribution in [0.2, 0.25) is 0 Å². The highest BCUT2D eigenvalue weighted by atomic mass is 35.5. The van der Waals surface area contributed by atoms with Crippen molar-refractivity contribution in [2.75, 3.05) is 19.0 Å². The van der Waals surface area contributed by atoms with E-state index in [1.807, 2.05) is 0 Å². The summed E-state index contributed by atoms with van der Waals surface area (Å²) in [4.78, 5) is 35.9. The fourth-order valence-electron chi connectivity index (χ4n) is 1.59. The van der Waals surface area contributed by atoms with E-state index in [1.54, 1.807) is 13.8 Å². The summed E-state index contributed by atoms with van der Waals surface area (Å²) in [6.45, 7) is 5.02. The topological polar surface area (TPSA) is 84.5 Å². The second-order valence-electron chi connectivity index (χ2n) is 4.17. The van der Waals surface area contributed by atoms with Crippen molar-refractivity contribution in [2.45, 2.75) is 26.1 Å². The van der Waals surface area contributed by atoms with Crippen LogP contribution in [0, 0.1) is 6.92 Å². The summed E-state index contributed by atoms with van der Waals surface area (Å²) < 4.78 is 4.97. The number of hydrogen-bond donors (Lipinski definition) is 2. The van der Waals surface area contributed by atoms with Gasteiger partial charge in [0.2, 0.25) is 5.91 Å². The molecular formula is C13H17ClN2O4S. The lowest BCUT2D eigenvalue weighted by molar-refractivity contribution is -0.115. The number of anilines is 1. The number of thiophene rings is 1. The number of nitrogens with one attached hydrogen (secondary N) is 2. The van der Waals surface area contributed by atoms with Crippen molar-refractivity contribution in [3.05, 3.63) is 16.0 Å². The van der Waals surface area contributed by atoms with Crippen LogP contribution in [0.5, 0.6) is 0 Å². The predicted molar refractivity (Wildman–Crippen MR) is 82.3 cm³/mol. The number of amides is 2. The van der Waals surface area contributed by atoms with Crippen LogP contribution in [-0.4, -0.2) is 36.8 Å². The van der Waals surface area contributed by atoms with Gasteiger partial charge in [-0.2, -0.15) is 0 Å². The highest BCUT2D eigenvalue weighted by molar-refractivity contribution is 7.18. The molecule has 0 saturated carbocycles. The van der Waals surface area contributed by atoms with Crippen LogP contribution in [0.15, 0.2) is 0 Å². The zero-order valence-corrected chi connectivity index (χ0v) is 13.8. The normalized spacial score (nSPS) is 11.7. The number of alkyl halides is 1. The van der Waals surface area contributed by atoms with Crippen molar-refractivity contribution in [2.24, 2.45) is 0 Å². The van der Waals surface area contributed by atoms with Gasteiger partial charge in [0.05, 0.1) is 17.0 Å². The lowest BCUT2D eigenvalue weighted by Gasteiger charge is -2.07. The molecule has 6 nitrogen and oxygen atoms in total. The maximum atomic E-state index is 12.0. The maximum absolute atomic E-state index is 12.0. The number of halogens is 1. The van der Waals surface area contributed by atoms with E-state index in [0.717, 1.165) is 11.3 Å². The molecule has 1 heterocycles. The molecule has 21 heavy (non-hydrogen) atoms. The quantitative estimate of drug-likeness (QED) is 0.639. The lowest BCUT2D eigenvalue weighted by Crippen LogP contribution is -2.21. The number of esters is 1. The average molecular weight is 333 g/mol. The minimum atomic E-state index is -0.758. The Balaban J connectivity index is 3.29. The number of carbonyl (C=O) groups excluding carboxylic acids is 3. The summed E-state index contributed by atoms with van der Waals surface area (Å²) in [5, 5.41) is 4.55. The van der Waals surface area contributed by atoms with E-state index in [2.05, 4.69) is 10.6 Å². The summed E-state index contributed by atoms with van der Waals surface area (Å²) in [7, 11) is 1.49. The molecule has 2 N–H and O–H groups in total. The number of carbonyl (C=O) groups is 3. The van der Waals surface area contributed by atoms with Gasteiger partial charge in [0.15, 0.2) is 0 Å². The van der Waals surface area contributed by atoms with Gasteiger partial charge in [-0.05, 0) is 26.3 Å². The first-order valence-corrected chi connectivity index (χ1v) is 7.56. The minimum Gasteiger partial charge on any atom is -0.462 e. The second-order valence-corrected chi connectivity index (χ2v) is 5.84. The largest absolute Gasteiger partial charge is 0.462 e. The molecule has 2 amide bonds. The Kier molecular flexibility index (Phi) is 6.17. The van der Waals surface area contributed by atoms with E-state index in [0.29, 0.717) is 10.4 Å². The molecular weight excluding hydrogens is 316 g/mol. The van der Waals surface area contributed by atoms with Crippen LogP contribution in [0.4, 0.5) is 5.00 Å². The minimum absolute atomic E-state index is 0.186. The highest BCUT2D eigenvalue weighted by Gasteiger charge is 2.26. The standard InChI is InChI=1S/C13H17ClN2O4S/c1-5-20-13(19)8-6(2)9(11(18)15-4)21-12(8)16-10(17)7(3)14/h7H,5H2,1-4H3,(H,15,18)(H,16,17)/t7-/m0/s1. The van der Waals surface area contributed by atoms with Crippen molar-refractivity contribution >= 4 is 45.7 Å². The van der Waals surface area contributed by atoms with Gasteiger partial charge in [0.25, 0.3) is 5.91 Å². The molecule has 0 unspecified atom stereocenters. The molecule has 1 aromatic rings.